The van der Waals surface area contributed by atoms with Crippen LogP contribution in [-0.4, -0.2) is 29.0 Å². The fourth-order valence-corrected chi connectivity index (χ4v) is 2.61. The van der Waals surface area contributed by atoms with Crippen LogP contribution in [0.2, 0.25) is 5.02 Å². The minimum atomic E-state index is -0.538. The molecule has 0 saturated heterocycles. The number of esters is 1. The SMILES string of the molecule is COC(=O)c1ccccc1NC(=O)c1cnc(Nc2cc(Cl)ccc2C)nc1. The molecule has 0 aliphatic carbocycles. The molecular formula is C20H17ClN4O3. The molecule has 1 amide bonds. The molecule has 0 aliphatic heterocycles. The molecule has 2 aromatic carbocycles. The van der Waals surface area contributed by atoms with Crippen LogP contribution in [0.4, 0.5) is 17.3 Å². The number of nitrogens with zero attached hydrogens (tertiary/aromatic N) is 2. The molecule has 3 rings (SSSR count). The van der Waals surface area contributed by atoms with Gasteiger partial charge in [0, 0.05) is 23.1 Å². The highest BCUT2D eigenvalue weighted by Crippen LogP contribution is 2.22. The minimum Gasteiger partial charge on any atom is -0.465 e. The van der Waals surface area contributed by atoms with E-state index in [-0.39, 0.29) is 11.1 Å². The van der Waals surface area contributed by atoms with Crippen molar-refractivity contribution in [3.05, 3.63) is 76.6 Å². The van der Waals surface area contributed by atoms with Gasteiger partial charge in [-0.3, -0.25) is 4.79 Å². The van der Waals surface area contributed by atoms with Crippen LogP contribution >= 0.6 is 11.6 Å². The van der Waals surface area contributed by atoms with Gasteiger partial charge in [-0.1, -0.05) is 29.8 Å². The Kier molecular flexibility index (Phi) is 5.86. The number of aryl methyl sites for hydroxylation is 1. The van der Waals surface area contributed by atoms with E-state index < -0.39 is 11.9 Å². The predicted molar refractivity (Wildman–Crippen MR) is 107 cm³/mol. The molecule has 0 unspecified atom stereocenters. The fraction of sp³-hybridized carbons (Fsp3) is 0.100. The van der Waals surface area contributed by atoms with Gasteiger partial charge in [0.05, 0.1) is 23.9 Å². The van der Waals surface area contributed by atoms with Crippen LogP contribution in [0.3, 0.4) is 0 Å². The quantitative estimate of drug-likeness (QED) is 0.627. The number of ether oxygens (including phenoxy) is 1. The highest BCUT2D eigenvalue weighted by Gasteiger charge is 2.15. The molecule has 7 nitrogen and oxygen atoms in total. The largest absolute Gasteiger partial charge is 0.465 e. The Morgan fingerprint density at radius 2 is 1.75 bits per heavy atom. The van der Waals surface area contributed by atoms with Gasteiger partial charge >= 0.3 is 5.97 Å². The number of halogens is 1. The number of methoxy groups -OCH3 is 1. The Labute approximate surface area is 166 Å². The lowest BCUT2D eigenvalue weighted by molar-refractivity contribution is 0.0602. The number of rotatable bonds is 5. The molecule has 0 spiro atoms. The van der Waals surface area contributed by atoms with Crippen LogP contribution in [-0.2, 0) is 4.74 Å². The second-order valence-corrected chi connectivity index (χ2v) is 6.31. The van der Waals surface area contributed by atoms with E-state index in [2.05, 4.69) is 20.6 Å². The molecule has 0 fully saturated rings. The number of nitrogens with one attached hydrogen (secondary N) is 2. The summed E-state index contributed by atoms with van der Waals surface area (Å²) in [6.07, 6.45) is 2.79. The summed E-state index contributed by atoms with van der Waals surface area (Å²) in [7, 11) is 1.28. The van der Waals surface area contributed by atoms with Crippen LogP contribution < -0.4 is 10.6 Å². The highest BCUT2D eigenvalue weighted by molar-refractivity contribution is 6.30. The number of carbonyl (C=O) groups is 2. The summed E-state index contributed by atoms with van der Waals surface area (Å²) in [6, 6.07) is 12.0. The first-order valence-corrected chi connectivity index (χ1v) is 8.69. The van der Waals surface area contributed by atoms with Crippen molar-refractivity contribution in [3.63, 3.8) is 0 Å². The van der Waals surface area contributed by atoms with Crippen LogP contribution in [0.5, 0.6) is 0 Å². The average Bonchev–Trinajstić information content (AvgIpc) is 2.71. The van der Waals surface area contributed by atoms with Gasteiger partial charge < -0.3 is 15.4 Å². The van der Waals surface area contributed by atoms with Crippen molar-refractivity contribution in [2.24, 2.45) is 0 Å². The first-order chi connectivity index (χ1) is 13.5. The van der Waals surface area contributed by atoms with Gasteiger partial charge in [0.2, 0.25) is 5.95 Å². The number of hydrogen-bond acceptors (Lipinski definition) is 6. The maximum absolute atomic E-state index is 12.5. The lowest BCUT2D eigenvalue weighted by atomic mass is 10.1. The van der Waals surface area contributed by atoms with E-state index in [4.69, 9.17) is 16.3 Å². The summed E-state index contributed by atoms with van der Waals surface area (Å²) in [6.45, 7) is 1.93. The van der Waals surface area contributed by atoms with Crippen molar-refractivity contribution in [1.82, 2.24) is 9.97 Å². The molecule has 1 heterocycles. The Morgan fingerprint density at radius 3 is 2.46 bits per heavy atom. The number of benzene rings is 2. The summed E-state index contributed by atoms with van der Waals surface area (Å²) in [4.78, 5) is 32.6. The van der Waals surface area contributed by atoms with Gasteiger partial charge in [0.25, 0.3) is 5.91 Å². The molecule has 142 valence electrons. The van der Waals surface area contributed by atoms with E-state index in [1.54, 1.807) is 36.4 Å². The van der Waals surface area contributed by atoms with Crippen LogP contribution in [0.25, 0.3) is 0 Å². The van der Waals surface area contributed by atoms with Crippen LogP contribution in [0.1, 0.15) is 26.3 Å². The number of hydrogen-bond donors (Lipinski definition) is 2. The highest BCUT2D eigenvalue weighted by atomic mass is 35.5. The van der Waals surface area contributed by atoms with Crippen molar-refractivity contribution in [3.8, 4) is 0 Å². The van der Waals surface area contributed by atoms with Crippen molar-refractivity contribution in [2.75, 3.05) is 17.7 Å². The average molecular weight is 397 g/mol. The topological polar surface area (TPSA) is 93.2 Å². The zero-order valence-electron chi connectivity index (χ0n) is 15.2. The summed E-state index contributed by atoms with van der Waals surface area (Å²) in [5, 5.41) is 6.32. The zero-order chi connectivity index (χ0) is 20.1. The maximum Gasteiger partial charge on any atom is 0.339 e. The number of anilines is 3. The molecule has 8 heteroatoms. The van der Waals surface area contributed by atoms with Gasteiger partial charge in [-0.15, -0.1) is 0 Å². The molecule has 1 aromatic heterocycles. The number of para-hydroxylation sites is 1. The summed E-state index contributed by atoms with van der Waals surface area (Å²) in [5.41, 5.74) is 2.60. The third-order valence-electron chi connectivity index (χ3n) is 3.94. The van der Waals surface area contributed by atoms with Gasteiger partial charge in [0.15, 0.2) is 0 Å². The molecule has 28 heavy (non-hydrogen) atoms. The minimum absolute atomic E-state index is 0.244. The van der Waals surface area contributed by atoms with E-state index in [0.717, 1.165) is 11.3 Å². The van der Waals surface area contributed by atoms with E-state index in [1.165, 1.54) is 19.5 Å². The summed E-state index contributed by atoms with van der Waals surface area (Å²) in [5.74, 6) is -0.651. The van der Waals surface area contributed by atoms with E-state index in [0.29, 0.717) is 16.7 Å². The predicted octanol–water partition coefficient (Wildman–Crippen LogP) is 4.22. The lowest BCUT2D eigenvalue weighted by Gasteiger charge is -2.10. The third-order valence-corrected chi connectivity index (χ3v) is 4.18. The van der Waals surface area contributed by atoms with E-state index in [1.807, 2.05) is 13.0 Å². The molecule has 0 bridgehead atoms. The second kappa shape index (κ2) is 8.49. The Morgan fingerprint density at radius 1 is 1.04 bits per heavy atom. The lowest BCUT2D eigenvalue weighted by Crippen LogP contribution is -2.16. The van der Waals surface area contributed by atoms with Crippen LogP contribution in [0.15, 0.2) is 54.9 Å². The standard InChI is InChI=1S/C20H17ClN4O3/c1-12-7-8-14(21)9-17(12)25-20-22-10-13(11-23-20)18(26)24-16-6-4-3-5-15(16)19(27)28-2/h3-11H,1-2H3,(H,24,26)(H,22,23,25). The number of aromatic nitrogens is 2. The van der Waals surface area contributed by atoms with Crippen molar-refractivity contribution in [1.29, 1.82) is 0 Å². The summed E-state index contributed by atoms with van der Waals surface area (Å²) < 4.78 is 4.72. The smallest absolute Gasteiger partial charge is 0.339 e. The first kappa shape index (κ1) is 19.3. The van der Waals surface area contributed by atoms with E-state index in [9.17, 15) is 9.59 Å². The van der Waals surface area contributed by atoms with E-state index >= 15 is 0 Å². The molecule has 0 aliphatic rings. The number of amides is 1. The molecule has 3 aromatic rings. The zero-order valence-corrected chi connectivity index (χ0v) is 15.9. The van der Waals surface area contributed by atoms with Gasteiger partial charge in [-0.2, -0.15) is 0 Å². The molecule has 0 radical (unpaired) electrons. The van der Waals surface area contributed by atoms with Gasteiger partial charge in [-0.05, 0) is 36.8 Å². The maximum atomic E-state index is 12.5. The molecule has 2 N–H and O–H groups in total. The van der Waals surface area contributed by atoms with Crippen molar-refractivity contribution in [2.45, 2.75) is 6.92 Å². The number of carbonyl (C=O) groups excluding carboxylic acids is 2. The molecular weight excluding hydrogens is 380 g/mol. The van der Waals surface area contributed by atoms with Gasteiger partial charge in [0.1, 0.15) is 0 Å². The van der Waals surface area contributed by atoms with Gasteiger partial charge in [-0.25, -0.2) is 14.8 Å². The summed E-state index contributed by atoms with van der Waals surface area (Å²) >= 11 is 6.01. The third kappa shape index (κ3) is 4.44. The van der Waals surface area contributed by atoms with Crippen molar-refractivity contribution >= 4 is 40.8 Å². The first-order valence-electron chi connectivity index (χ1n) is 8.32. The monoisotopic (exact) mass is 396 g/mol. The normalized spacial score (nSPS) is 10.2. The molecule has 0 saturated carbocycles. The Balaban J connectivity index is 1.74. The fourth-order valence-electron chi connectivity index (χ4n) is 2.43. The van der Waals surface area contributed by atoms with Crippen molar-refractivity contribution < 1.29 is 14.3 Å². The Hall–Kier alpha value is -3.45. The Bertz CT molecular complexity index is 1020. The second-order valence-electron chi connectivity index (χ2n) is 5.87. The van der Waals surface area contributed by atoms with Crippen LogP contribution in [0, 0.1) is 6.92 Å². The molecule has 0 atom stereocenters.